The zero-order valence-electron chi connectivity index (χ0n) is 10.6. The molecule has 0 aliphatic heterocycles. The first-order valence-electron chi connectivity index (χ1n) is 6.21. The lowest BCUT2D eigenvalue weighted by Gasteiger charge is -2.07. The summed E-state index contributed by atoms with van der Waals surface area (Å²) in [6.45, 7) is 0. The highest BCUT2D eigenvalue weighted by atomic mass is 35.5. The molecule has 1 heterocycles. The van der Waals surface area contributed by atoms with Gasteiger partial charge in [-0.05, 0) is 22.8 Å². The van der Waals surface area contributed by atoms with Gasteiger partial charge in [0.15, 0.2) is 0 Å². The Hall–Kier alpha value is -1.83. The van der Waals surface area contributed by atoms with Crippen LogP contribution in [-0.2, 0) is 0 Å². The number of aromatic nitrogens is 1. The van der Waals surface area contributed by atoms with Crippen LogP contribution in [0, 0.1) is 0 Å². The first-order chi connectivity index (χ1) is 9.74. The highest BCUT2D eigenvalue weighted by molar-refractivity contribution is 6.34. The predicted molar refractivity (Wildman–Crippen MR) is 85.1 cm³/mol. The lowest BCUT2D eigenvalue weighted by molar-refractivity contribution is 1.33. The number of benzene rings is 2. The van der Waals surface area contributed by atoms with Crippen LogP contribution in [0.2, 0.25) is 10.2 Å². The van der Waals surface area contributed by atoms with Gasteiger partial charge < -0.3 is 0 Å². The second kappa shape index (κ2) is 5.66. The molecule has 0 saturated carbocycles. The molecule has 98 valence electrons. The molecule has 3 heteroatoms. The summed E-state index contributed by atoms with van der Waals surface area (Å²) < 4.78 is 0. The minimum absolute atomic E-state index is 0.441. The van der Waals surface area contributed by atoms with Gasteiger partial charge in [-0.2, -0.15) is 0 Å². The van der Waals surface area contributed by atoms with E-state index in [9.17, 15) is 0 Å². The van der Waals surface area contributed by atoms with Crippen LogP contribution in [0.25, 0.3) is 22.3 Å². The number of hydrogen-bond donors (Lipinski definition) is 0. The Labute approximate surface area is 127 Å². The van der Waals surface area contributed by atoms with Crippen LogP contribution in [0.15, 0.2) is 66.9 Å². The van der Waals surface area contributed by atoms with E-state index in [0.717, 1.165) is 11.1 Å². The molecular formula is C17H11Cl2N. The van der Waals surface area contributed by atoms with Crippen molar-refractivity contribution in [2.75, 3.05) is 0 Å². The molecule has 0 aliphatic rings. The number of rotatable bonds is 2. The molecule has 3 rings (SSSR count). The largest absolute Gasteiger partial charge is 0.243 e. The molecule has 20 heavy (non-hydrogen) atoms. The number of hydrogen-bond acceptors (Lipinski definition) is 1. The van der Waals surface area contributed by atoms with Gasteiger partial charge in [-0.25, -0.2) is 4.98 Å². The standard InChI is InChI=1S/C17H11Cl2N/c18-16-11-20-17(19)10-15(16)14-8-6-13(7-9-14)12-4-2-1-3-5-12/h1-11H. The molecule has 0 bridgehead atoms. The quantitative estimate of drug-likeness (QED) is 0.551. The minimum atomic E-state index is 0.441. The van der Waals surface area contributed by atoms with Crippen molar-refractivity contribution in [2.24, 2.45) is 0 Å². The SMILES string of the molecule is Clc1cc(-c2ccc(-c3ccccc3)cc2)c(Cl)cn1. The van der Waals surface area contributed by atoms with Crippen LogP contribution in [0.4, 0.5) is 0 Å². The topological polar surface area (TPSA) is 12.9 Å². The van der Waals surface area contributed by atoms with Gasteiger partial charge in [-0.15, -0.1) is 0 Å². The van der Waals surface area contributed by atoms with Crippen molar-refractivity contribution < 1.29 is 0 Å². The van der Waals surface area contributed by atoms with Crippen LogP contribution in [0.1, 0.15) is 0 Å². The van der Waals surface area contributed by atoms with Crippen molar-refractivity contribution in [2.45, 2.75) is 0 Å². The van der Waals surface area contributed by atoms with E-state index >= 15 is 0 Å². The van der Waals surface area contributed by atoms with E-state index in [1.54, 1.807) is 12.3 Å². The molecule has 0 radical (unpaired) electrons. The van der Waals surface area contributed by atoms with E-state index in [1.165, 1.54) is 11.1 Å². The highest BCUT2D eigenvalue weighted by Gasteiger charge is 2.05. The average molecular weight is 300 g/mol. The molecular weight excluding hydrogens is 289 g/mol. The summed E-state index contributed by atoms with van der Waals surface area (Å²) in [5, 5.41) is 1.04. The fourth-order valence-electron chi connectivity index (χ4n) is 2.11. The first-order valence-corrected chi connectivity index (χ1v) is 6.96. The molecule has 0 amide bonds. The van der Waals surface area contributed by atoms with Gasteiger partial charge >= 0.3 is 0 Å². The van der Waals surface area contributed by atoms with Crippen molar-refractivity contribution in [3.8, 4) is 22.3 Å². The van der Waals surface area contributed by atoms with E-state index in [4.69, 9.17) is 23.2 Å². The third-order valence-corrected chi connectivity index (χ3v) is 3.63. The molecule has 1 nitrogen and oxygen atoms in total. The van der Waals surface area contributed by atoms with Gasteiger partial charge in [0.2, 0.25) is 0 Å². The van der Waals surface area contributed by atoms with Gasteiger partial charge in [0.05, 0.1) is 5.02 Å². The molecule has 2 aromatic carbocycles. The predicted octanol–water partition coefficient (Wildman–Crippen LogP) is 5.72. The van der Waals surface area contributed by atoms with Crippen LogP contribution >= 0.6 is 23.2 Å². The van der Waals surface area contributed by atoms with Gasteiger partial charge in [0, 0.05) is 11.8 Å². The van der Waals surface area contributed by atoms with Crippen LogP contribution in [0.5, 0.6) is 0 Å². The van der Waals surface area contributed by atoms with Crippen LogP contribution < -0.4 is 0 Å². The maximum atomic E-state index is 6.17. The van der Waals surface area contributed by atoms with Gasteiger partial charge in [0.25, 0.3) is 0 Å². The summed E-state index contributed by atoms with van der Waals surface area (Å²) in [7, 11) is 0. The third-order valence-electron chi connectivity index (χ3n) is 3.12. The van der Waals surface area contributed by atoms with Crippen LogP contribution in [-0.4, -0.2) is 4.98 Å². The monoisotopic (exact) mass is 299 g/mol. The van der Waals surface area contributed by atoms with Crippen molar-refractivity contribution >= 4 is 23.2 Å². The smallest absolute Gasteiger partial charge is 0.129 e. The van der Waals surface area contributed by atoms with Crippen molar-refractivity contribution in [3.05, 3.63) is 77.0 Å². The second-order valence-corrected chi connectivity index (χ2v) is 5.22. The zero-order valence-corrected chi connectivity index (χ0v) is 12.1. The van der Waals surface area contributed by atoms with E-state index in [1.807, 2.05) is 30.3 Å². The van der Waals surface area contributed by atoms with Gasteiger partial charge in [-0.1, -0.05) is 77.8 Å². The Balaban J connectivity index is 2.00. The third kappa shape index (κ3) is 2.69. The lowest BCUT2D eigenvalue weighted by Crippen LogP contribution is -1.83. The van der Waals surface area contributed by atoms with Crippen molar-refractivity contribution in [3.63, 3.8) is 0 Å². The Bertz CT molecular complexity index is 722. The van der Waals surface area contributed by atoms with Gasteiger partial charge in [0.1, 0.15) is 5.15 Å². The fraction of sp³-hybridized carbons (Fsp3) is 0. The molecule has 0 saturated heterocycles. The van der Waals surface area contributed by atoms with Crippen molar-refractivity contribution in [1.29, 1.82) is 0 Å². The second-order valence-electron chi connectivity index (χ2n) is 4.43. The summed E-state index contributed by atoms with van der Waals surface area (Å²) in [6.07, 6.45) is 1.57. The Morgan fingerprint density at radius 3 is 2.00 bits per heavy atom. The average Bonchev–Trinajstić information content (AvgIpc) is 2.51. The molecule has 0 fully saturated rings. The maximum Gasteiger partial charge on any atom is 0.129 e. The molecule has 1 aromatic heterocycles. The highest BCUT2D eigenvalue weighted by Crippen LogP contribution is 2.30. The van der Waals surface area contributed by atoms with Crippen molar-refractivity contribution in [1.82, 2.24) is 4.98 Å². The molecule has 0 N–H and O–H groups in total. The first kappa shape index (κ1) is 13.2. The molecule has 0 unspecified atom stereocenters. The maximum absolute atomic E-state index is 6.17. The van der Waals surface area contributed by atoms with E-state index in [2.05, 4.69) is 29.2 Å². The summed E-state index contributed by atoms with van der Waals surface area (Å²) >= 11 is 12.1. The molecule has 0 atom stereocenters. The summed E-state index contributed by atoms with van der Waals surface area (Å²) in [5.74, 6) is 0. The van der Waals surface area contributed by atoms with Gasteiger partial charge in [-0.3, -0.25) is 0 Å². The Kier molecular flexibility index (Phi) is 3.72. The molecule has 0 spiro atoms. The normalized spacial score (nSPS) is 10.5. The Morgan fingerprint density at radius 2 is 1.30 bits per heavy atom. The lowest BCUT2D eigenvalue weighted by atomic mass is 10.0. The van der Waals surface area contributed by atoms with E-state index < -0.39 is 0 Å². The fourth-order valence-corrected chi connectivity index (χ4v) is 2.48. The van der Waals surface area contributed by atoms with E-state index in [-0.39, 0.29) is 0 Å². The Morgan fingerprint density at radius 1 is 0.700 bits per heavy atom. The zero-order chi connectivity index (χ0) is 13.9. The number of halogens is 2. The number of nitrogens with zero attached hydrogens (tertiary/aromatic N) is 1. The summed E-state index contributed by atoms with van der Waals surface area (Å²) in [4.78, 5) is 3.96. The molecule has 3 aromatic rings. The minimum Gasteiger partial charge on any atom is -0.243 e. The summed E-state index contributed by atoms with van der Waals surface area (Å²) in [6, 6.07) is 20.3. The molecule has 0 aliphatic carbocycles. The number of pyridine rings is 1. The van der Waals surface area contributed by atoms with Crippen LogP contribution in [0.3, 0.4) is 0 Å². The summed E-state index contributed by atoms with van der Waals surface area (Å²) in [5.41, 5.74) is 4.29. The van der Waals surface area contributed by atoms with E-state index in [0.29, 0.717) is 10.2 Å².